The summed E-state index contributed by atoms with van der Waals surface area (Å²) in [6.45, 7) is 6.11. The van der Waals surface area contributed by atoms with Crippen molar-refractivity contribution in [2.75, 3.05) is 0 Å². The molecule has 1 aromatic carbocycles. The summed E-state index contributed by atoms with van der Waals surface area (Å²) >= 11 is 0. The van der Waals surface area contributed by atoms with Gasteiger partial charge in [0.1, 0.15) is 5.52 Å². The van der Waals surface area contributed by atoms with Gasteiger partial charge in [0.05, 0.1) is 34.9 Å². The standard InChI is InChI=1S/C19H24N6O2/c1-19(2,3)27-15-11-13(17(15)25-10-6-9-20-25)21-18(26)12-7-5-8-14-16(12)22-23-24(14)4/h5-10,13,15,17H,11H2,1-4H3,(H,21,26). The molecule has 1 aliphatic carbocycles. The smallest absolute Gasteiger partial charge is 0.253 e. The number of rotatable bonds is 4. The van der Waals surface area contributed by atoms with Crippen molar-refractivity contribution in [2.45, 2.75) is 51.0 Å². The lowest BCUT2D eigenvalue weighted by Gasteiger charge is -2.46. The molecule has 8 nitrogen and oxygen atoms in total. The number of fused-ring (bicyclic) bond motifs is 1. The Kier molecular flexibility index (Phi) is 4.22. The van der Waals surface area contributed by atoms with Crippen molar-refractivity contribution in [3.8, 4) is 0 Å². The molecule has 3 atom stereocenters. The van der Waals surface area contributed by atoms with E-state index in [9.17, 15) is 4.79 Å². The van der Waals surface area contributed by atoms with Crippen LogP contribution in [0.2, 0.25) is 0 Å². The van der Waals surface area contributed by atoms with Gasteiger partial charge in [0.2, 0.25) is 0 Å². The minimum Gasteiger partial charge on any atom is -0.370 e. The number of ether oxygens (including phenoxy) is 1. The number of amides is 1. The highest BCUT2D eigenvalue weighted by molar-refractivity contribution is 6.04. The third-order valence-electron chi connectivity index (χ3n) is 4.82. The third-order valence-corrected chi connectivity index (χ3v) is 4.82. The summed E-state index contributed by atoms with van der Waals surface area (Å²) in [6, 6.07) is 7.30. The number of nitrogens with one attached hydrogen (secondary N) is 1. The summed E-state index contributed by atoms with van der Waals surface area (Å²) in [5, 5.41) is 15.6. The minimum atomic E-state index is -0.254. The van der Waals surface area contributed by atoms with Crippen LogP contribution in [0.5, 0.6) is 0 Å². The highest BCUT2D eigenvalue weighted by Crippen LogP contribution is 2.37. The lowest BCUT2D eigenvalue weighted by molar-refractivity contribution is -0.132. The van der Waals surface area contributed by atoms with Crippen LogP contribution in [-0.2, 0) is 11.8 Å². The van der Waals surface area contributed by atoms with E-state index in [4.69, 9.17) is 4.74 Å². The normalized spacial score (nSPS) is 22.6. The fourth-order valence-electron chi connectivity index (χ4n) is 3.61. The average Bonchev–Trinajstić information content (AvgIpc) is 3.22. The molecule has 27 heavy (non-hydrogen) atoms. The first-order chi connectivity index (χ1) is 12.8. The van der Waals surface area contributed by atoms with Crippen LogP contribution in [0.25, 0.3) is 11.0 Å². The van der Waals surface area contributed by atoms with Gasteiger partial charge in [-0.25, -0.2) is 4.68 Å². The second-order valence-electron chi connectivity index (χ2n) is 7.95. The maximum atomic E-state index is 12.9. The summed E-state index contributed by atoms with van der Waals surface area (Å²) < 4.78 is 9.69. The predicted molar refractivity (Wildman–Crippen MR) is 100 cm³/mol. The van der Waals surface area contributed by atoms with Crippen LogP contribution in [0, 0.1) is 0 Å². The number of benzene rings is 1. The first kappa shape index (κ1) is 17.7. The van der Waals surface area contributed by atoms with E-state index in [-0.39, 0.29) is 29.7 Å². The van der Waals surface area contributed by atoms with Crippen molar-refractivity contribution in [2.24, 2.45) is 7.05 Å². The van der Waals surface area contributed by atoms with Crippen LogP contribution >= 0.6 is 0 Å². The van der Waals surface area contributed by atoms with Crippen LogP contribution in [0.15, 0.2) is 36.7 Å². The van der Waals surface area contributed by atoms with Crippen LogP contribution in [-0.4, -0.2) is 48.4 Å². The fraction of sp³-hybridized carbons (Fsp3) is 0.474. The molecule has 2 aromatic heterocycles. The molecule has 1 amide bonds. The monoisotopic (exact) mass is 368 g/mol. The minimum absolute atomic E-state index is 0.00232. The molecule has 0 aliphatic heterocycles. The van der Waals surface area contributed by atoms with E-state index >= 15 is 0 Å². The maximum absolute atomic E-state index is 12.9. The van der Waals surface area contributed by atoms with Gasteiger partial charge in [-0.05, 0) is 45.4 Å². The Labute approximate surface area is 157 Å². The molecule has 1 N–H and O–H groups in total. The first-order valence-electron chi connectivity index (χ1n) is 9.10. The molecule has 3 unspecified atom stereocenters. The Morgan fingerprint density at radius 1 is 1.30 bits per heavy atom. The van der Waals surface area contributed by atoms with Crippen molar-refractivity contribution in [3.05, 3.63) is 42.2 Å². The summed E-state index contributed by atoms with van der Waals surface area (Å²) in [6.07, 6.45) is 4.39. The van der Waals surface area contributed by atoms with E-state index < -0.39 is 0 Å². The van der Waals surface area contributed by atoms with E-state index in [1.54, 1.807) is 16.9 Å². The lowest BCUT2D eigenvalue weighted by Crippen LogP contribution is -2.58. The number of carbonyl (C=O) groups is 1. The number of aromatic nitrogens is 5. The third kappa shape index (κ3) is 3.32. The zero-order valence-electron chi connectivity index (χ0n) is 16.0. The lowest BCUT2D eigenvalue weighted by atomic mass is 9.82. The maximum Gasteiger partial charge on any atom is 0.253 e. The van der Waals surface area contributed by atoms with E-state index in [2.05, 4.69) is 20.7 Å². The summed E-state index contributed by atoms with van der Waals surface area (Å²) in [5.41, 5.74) is 1.71. The molecule has 2 heterocycles. The molecule has 1 fully saturated rings. The van der Waals surface area contributed by atoms with E-state index in [0.29, 0.717) is 11.1 Å². The Balaban J connectivity index is 1.55. The van der Waals surface area contributed by atoms with Gasteiger partial charge in [0, 0.05) is 19.4 Å². The van der Waals surface area contributed by atoms with Gasteiger partial charge >= 0.3 is 0 Å². The van der Waals surface area contributed by atoms with Gasteiger partial charge < -0.3 is 10.1 Å². The van der Waals surface area contributed by atoms with E-state index in [1.807, 2.05) is 56.9 Å². The predicted octanol–water partition coefficient (Wildman–Crippen LogP) is 2.09. The van der Waals surface area contributed by atoms with E-state index in [0.717, 1.165) is 11.9 Å². The molecule has 0 radical (unpaired) electrons. The Morgan fingerprint density at radius 3 is 2.81 bits per heavy atom. The molecule has 4 rings (SSSR count). The fourth-order valence-corrected chi connectivity index (χ4v) is 3.61. The van der Waals surface area contributed by atoms with Gasteiger partial charge in [-0.1, -0.05) is 11.3 Å². The Hall–Kier alpha value is -2.74. The molecular weight excluding hydrogens is 344 g/mol. The average molecular weight is 368 g/mol. The summed E-state index contributed by atoms with van der Waals surface area (Å²) in [5.74, 6) is -0.155. The summed E-state index contributed by atoms with van der Waals surface area (Å²) in [7, 11) is 1.81. The second kappa shape index (κ2) is 6.45. The number of hydrogen-bond donors (Lipinski definition) is 1. The zero-order valence-corrected chi connectivity index (χ0v) is 16.0. The molecule has 0 spiro atoms. The number of aryl methyl sites for hydroxylation is 1. The highest BCUT2D eigenvalue weighted by Gasteiger charge is 2.46. The zero-order chi connectivity index (χ0) is 19.2. The number of nitrogens with zero attached hydrogens (tertiary/aromatic N) is 5. The van der Waals surface area contributed by atoms with Crippen molar-refractivity contribution in [1.29, 1.82) is 0 Å². The second-order valence-corrected chi connectivity index (χ2v) is 7.95. The number of carbonyl (C=O) groups excluding carboxylic acids is 1. The van der Waals surface area contributed by atoms with Gasteiger partial charge in [0.25, 0.3) is 5.91 Å². The topological polar surface area (TPSA) is 86.9 Å². The molecule has 0 saturated heterocycles. The van der Waals surface area contributed by atoms with Gasteiger partial charge in [-0.2, -0.15) is 5.10 Å². The Morgan fingerprint density at radius 2 is 2.11 bits per heavy atom. The van der Waals surface area contributed by atoms with Crippen LogP contribution in [0.1, 0.15) is 43.6 Å². The highest BCUT2D eigenvalue weighted by atomic mass is 16.5. The van der Waals surface area contributed by atoms with Crippen molar-refractivity contribution in [3.63, 3.8) is 0 Å². The quantitative estimate of drug-likeness (QED) is 0.762. The van der Waals surface area contributed by atoms with Crippen LogP contribution < -0.4 is 5.32 Å². The van der Waals surface area contributed by atoms with Gasteiger partial charge in [-0.3, -0.25) is 9.48 Å². The van der Waals surface area contributed by atoms with Crippen molar-refractivity contribution in [1.82, 2.24) is 30.1 Å². The molecule has 3 aromatic rings. The molecular formula is C19H24N6O2. The van der Waals surface area contributed by atoms with Crippen LogP contribution in [0.4, 0.5) is 0 Å². The molecule has 0 bridgehead atoms. The number of hydrogen-bond acceptors (Lipinski definition) is 5. The molecule has 8 heteroatoms. The summed E-state index contributed by atoms with van der Waals surface area (Å²) in [4.78, 5) is 12.9. The molecule has 1 aliphatic rings. The largest absolute Gasteiger partial charge is 0.370 e. The Bertz CT molecular complexity index is 956. The van der Waals surface area contributed by atoms with Crippen molar-refractivity contribution >= 4 is 16.9 Å². The SMILES string of the molecule is Cn1nnc2c(C(=O)NC3CC(OC(C)(C)C)C3n3cccn3)cccc21. The molecule has 1 saturated carbocycles. The van der Waals surface area contributed by atoms with Gasteiger partial charge in [0.15, 0.2) is 0 Å². The molecule has 142 valence electrons. The van der Waals surface area contributed by atoms with Gasteiger partial charge in [-0.15, -0.1) is 5.10 Å². The van der Waals surface area contributed by atoms with E-state index in [1.165, 1.54) is 0 Å². The van der Waals surface area contributed by atoms with Crippen LogP contribution in [0.3, 0.4) is 0 Å². The van der Waals surface area contributed by atoms with Crippen molar-refractivity contribution < 1.29 is 9.53 Å². The first-order valence-corrected chi connectivity index (χ1v) is 9.10.